The van der Waals surface area contributed by atoms with Gasteiger partial charge in [-0.05, 0) is 103 Å². The molecule has 8 heteroatoms. The number of hydrogen-bond acceptors (Lipinski definition) is 6. The molecule has 0 N–H and O–H groups in total. The molecular weight excluding hydrogens is 567 g/mol. The average molecular weight is 597 g/mol. The van der Waals surface area contributed by atoms with Gasteiger partial charge in [-0.1, -0.05) is 48.9 Å². The summed E-state index contributed by atoms with van der Waals surface area (Å²) in [5, 5.41) is 6.16. The third-order valence-corrected chi connectivity index (χ3v) is 10.9. The summed E-state index contributed by atoms with van der Waals surface area (Å²) in [6.45, 7) is 4.18. The van der Waals surface area contributed by atoms with Gasteiger partial charge in [-0.15, -0.1) is 0 Å². The zero-order chi connectivity index (χ0) is 29.9. The molecule has 8 rings (SSSR count). The lowest BCUT2D eigenvalue weighted by Gasteiger charge is -2.45. The molecule has 43 heavy (non-hydrogen) atoms. The number of carbonyl (C=O) groups is 2. The van der Waals surface area contributed by atoms with E-state index in [9.17, 15) is 14.0 Å². The highest BCUT2D eigenvalue weighted by atomic mass is 35.5. The molecule has 1 saturated carbocycles. The number of nitrogens with zero attached hydrogens (tertiary/aromatic N) is 2. The zero-order valence-electron chi connectivity index (χ0n) is 24.3. The molecule has 4 aliphatic carbocycles. The number of ketones is 2. The molecule has 0 amide bonds. The average Bonchev–Trinajstić information content (AvgIpc) is 3.39. The van der Waals surface area contributed by atoms with E-state index < -0.39 is 5.41 Å². The summed E-state index contributed by atoms with van der Waals surface area (Å²) >= 11 is 6.95. The van der Waals surface area contributed by atoms with Crippen LogP contribution in [-0.4, -0.2) is 35.7 Å². The molecule has 1 aromatic heterocycles. The quantitative estimate of drug-likeness (QED) is 0.246. The van der Waals surface area contributed by atoms with Gasteiger partial charge < -0.3 is 9.26 Å². The molecule has 3 aromatic carbocycles. The second-order valence-corrected chi connectivity index (χ2v) is 13.1. The molecule has 0 saturated heterocycles. The third kappa shape index (κ3) is 3.41. The van der Waals surface area contributed by atoms with Gasteiger partial charge in [-0.25, -0.2) is 4.39 Å². The summed E-state index contributed by atoms with van der Waals surface area (Å²) in [5.41, 5.74) is 4.29. The summed E-state index contributed by atoms with van der Waals surface area (Å²) in [6.07, 6.45) is 1.23. The minimum atomic E-state index is -0.821. The molecule has 0 aliphatic heterocycles. The molecule has 1 spiro atoms. The molecular formula is C35H30ClFN2O4. The van der Waals surface area contributed by atoms with E-state index in [1.165, 1.54) is 12.1 Å². The number of allylic oxidation sites excluding steroid dienone is 2. The number of benzene rings is 3. The van der Waals surface area contributed by atoms with Gasteiger partial charge in [0.2, 0.25) is 0 Å². The number of carbonyl (C=O) groups excluding carboxylic acids is 2. The van der Waals surface area contributed by atoms with Gasteiger partial charge in [0.15, 0.2) is 17.3 Å². The molecule has 5 unspecified atom stereocenters. The molecule has 1 fully saturated rings. The molecule has 1 heterocycles. The summed E-state index contributed by atoms with van der Waals surface area (Å²) in [5.74, 6) is -0.0943. The third-order valence-electron chi connectivity index (χ3n) is 10.5. The van der Waals surface area contributed by atoms with Crippen LogP contribution in [0.3, 0.4) is 0 Å². The Labute approximate surface area is 253 Å². The van der Waals surface area contributed by atoms with E-state index in [1.54, 1.807) is 6.07 Å². The summed E-state index contributed by atoms with van der Waals surface area (Å²) < 4.78 is 26.3. The molecule has 5 atom stereocenters. The van der Waals surface area contributed by atoms with Gasteiger partial charge >= 0.3 is 0 Å². The van der Waals surface area contributed by atoms with Crippen LogP contribution in [0.4, 0.5) is 4.39 Å². The number of rotatable bonds is 4. The van der Waals surface area contributed by atoms with Crippen LogP contribution in [-0.2, 0) is 13.0 Å². The Balaban J connectivity index is 1.27. The normalized spacial score (nSPS) is 27.0. The predicted molar refractivity (Wildman–Crippen MR) is 160 cm³/mol. The molecule has 6 nitrogen and oxygen atoms in total. The molecule has 0 radical (unpaired) electrons. The van der Waals surface area contributed by atoms with E-state index in [0.29, 0.717) is 40.1 Å². The van der Waals surface area contributed by atoms with Crippen LogP contribution in [0.25, 0.3) is 10.8 Å². The van der Waals surface area contributed by atoms with Gasteiger partial charge in [0.1, 0.15) is 18.0 Å². The Hall–Kier alpha value is -3.81. The second kappa shape index (κ2) is 9.10. The van der Waals surface area contributed by atoms with Crippen LogP contribution in [0.15, 0.2) is 64.2 Å². The fraction of sp³-hybridized carbons (Fsp3) is 0.343. The van der Waals surface area contributed by atoms with Crippen molar-refractivity contribution >= 4 is 33.9 Å². The lowest BCUT2D eigenvalue weighted by Crippen LogP contribution is -2.46. The Morgan fingerprint density at radius 3 is 2.63 bits per heavy atom. The standard InChI is InChI=1S/C35H30ClFN2O4/c1-16-22-14-20(37)10-11-21(22)29(36)23-12-19-13-24-30(39(3)4)32-27(34(38-43-32)42-15-18-8-6-5-7-9-18)33(41)35(24)17(2)28(35)26(19)31(40)25(16)23/h5-11,14,17,19,24,30H,12-13,15H2,1-4H3. The smallest absolute Gasteiger partial charge is 0.265 e. The van der Waals surface area contributed by atoms with Gasteiger partial charge in [0.25, 0.3) is 5.88 Å². The van der Waals surface area contributed by atoms with E-state index in [1.807, 2.05) is 51.4 Å². The fourth-order valence-corrected chi connectivity index (χ4v) is 9.04. The van der Waals surface area contributed by atoms with Crippen molar-refractivity contribution in [2.75, 3.05) is 14.1 Å². The van der Waals surface area contributed by atoms with Crippen molar-refractivity contribution in [3.63, 3.8) is 0 Å². The Morgan fingerprint density at radius 2 is 1.88 bits per heavy atom. The monoisotopic (exact) mass is 596 g/mol. The number of fused-ring (bicyclic) bond motifs is 4. The first kappa shape index (κ1) is 26.8. The lowest BCUT2D eigenvalue weighted by molar-refractivity contribution is 0.0517. The maximum Gasteiger partial charge on any atom is 0.265 e. The Bertz CT molecular complexity index is 1930. The highest BCUT2D eigenvalue weighted by molar-refractivity contribution is 6.38. The van der Waals surface area contributed by atoms with Crippen molar-refractivity contribution in [1.82, 2.24) is 10.1 Å². The molecule has 4 aliphatic rings. The predicted octanol–water partition coefficient (Wildman–Crippen LogP) is 7.31. The largest absolute Gasteiger partial charge is 0.470 e. The van der Waals surface area contributed by atoms with Crippen LogP contribution >= 0.6 is 11.6 Å². The first-order valence-electron chi connectivity index (χ1n) is 14.7. The van der Waals surface area contributed by atoms with Gasteiger partial charge in [0.05, 0.1) is 16.5 Å². The van der Waals surface area contributed by atoms with Crippen LogP contribution in [0.5, 0.6) is 5.88 Å². The van der Waals surface area contributed by atoms with E-state index >= 15 is 0 Å². The van der Waals surface area contributed by atoms with E-state index in [0.717, 1.165) is 33.2 Å². The first-order chi connectivity index (χ1) is 20.7. The second-order valence-electron chi connectivity index (χ2n) is 12.7. The van der Waals surface area contributed by atoms with Crippen molar-refractivity contribution in [3.8, 4) is 5.88 Å². The van der Waals surface area contributed by atoms with Gasteiger partial charge in [-0.3, -0.25) is 14.5 Å². The topological polar surface area (TPSA) is 72.6 Å². The van der Waals surface area contributed by atoms with Crippen LogP contribution in [0, 0.1) is 35.9 Å². The summed E-state index contributed by atoms with van der Waals surface area (Å²) in [6, 6.07) is 14.0. The molecule has 0 bridgehead atoms. The lowest BCUT2D eigenvalue weighted by atomic mass is 9.60. The highest BCUT2D eigenvalue weighted by Crippen LogP contribution is 2.75. The number of aromatic nitrogens is 1. The number of aryl methyl sites for hydroxylation is 1. The van der Waals surface area contributed by atoms with Crippen LogP contribution in [0.2, 0.25) is 5.02 Å². The zero-order valence-corrected chi connectivity index (χ0v) is 25.1. The first-order valence-corrected chi connectivity index (χ1v) is 15.1. The van der Waals surface area contributed by atoms with Gasteiger partial charge in [0, 0.05) is 16.5 Å². The highest BCUT2D eigenvalue weighted by Gasteiger charge is 2.75. The summed E-state index contributed by atoms with van der Waals surface area (Å²) in [4.78, 5) is 31.2. The van der Waals surface area contributed by atoms with Gasteiger partial charge in [-0.2, -0.15) is 0 Å². The van der Waals surface area contributed by atoms with E-state index in [-0.39, 0.29) is 53.7 Å². The van der Waals surface area contributed by atoms with Crippen molar-refractivity contribution in [1.29, 1.82) is 0 Å². The number of hydrogen-bond donors (Lipinski definition) is 0. The van der Waals surface area contributed by atoms with Crippen molar-refractivity contribution < 1.29 is 23.2 Å². The fourth-order valence-electron chi connectivity index (χ4n) is 8.71. The minimum Gasteiger partial charge on any atom is -0.470 e. The van der Waals surface area contributed by atoms with E-state index in [4.69, 9.17) is 20.9 Å². The van der Waals surface area contributed by atoms with Crippen molar-refractivity contribution in [3.05, 3.63) is 104 Å². The minimum absolute atomic E-state index is 0.0719. The number of Topliss-reactive ketones (excluding diaryl/α,β-unsaturated/α-hetero) is 2. The number of halogens is 2. The SMILES string of the molecule is Cc1c2c(c(Cl)c3ccc(F)cc13)CC1CC3C(N(C)C)c4onc(OCc5ccccc5)c4C(=O)C34C(=C1C2=O)C4C. The van der Waals surface area contributed by atoms with Crippen molar-refractivity contribution in [2.24, 2.45) is 23.2 Å². The Kier molecular flexibility index (Phi) is 5.67. The number of ether oxygens (including phenoxy) is 1. The van der Waals surface area contributed by atoms with Crippen molar-refractivity contribution in [2.45, 2.75) is 39.3 Å². The Morgan fingerprint density at radius 1 is 1.12 bits per heavy atom. The maximum absolute atomic E-state index is 14.6. The maximum atomic E-state index is 14.6. The molecule has 4 aromatic rings. The van der Waals surface area contributed by atoms with E-state index in [2.05, 4.69) is 17.0 Å². The summed E-state index contributed by atoms with van der Waals surface area (Å²) in [7, 11) is 3.98. The van der Waals surface area contributed by atoms with Crippen LogP contribution < -0.4 is 4.74 Å². The molecule has 218 valence electrons. The van der Waals surface area contributed by atoms with Crippen LogP contribution in [0.1, 0.15) is 62.6 Å².